The molecule has 4 aromatic rings. The van der Waals surface area contributed by atoms with Crippen LogP contribution in [0.5, 0.6) is 0 Å². The van der Waals surface area contributed by atoms with E-state index in [0.29, 0.717) is 25.3 Å². The van der Waals surface area contributed by atoms with Gasteiger partial charge < -0.3 is 14.3 Å². The van der Waals surface area contributed by atoms with Crippen molar-refractivity contribution in [2.24, 2.45) is 0 Å². The van der Waals surface area contributed by atoms with E-state index in [4.69, 9.17) is 4.74 Å². The van der Waals surface area contributed by atoms with Crippen molar-refractivity contribution in [1.82, 2.24) is 19.7 Å². The average Bonchev–Trinajstić information content (AvgIpc) is 3.30. The standard InChI is InChI=1S/C23H24N4O2S/c1-16-22(18-10-6-7-11-19(18)24-16)20(28)15-30-23-26-25-21(27(23)12-13-29-2)14-17-8-4-3-5-9-17/h3-11,24H,12-15H2,1-2H3. The number of aromatic nitrogens is 4. The zero-order chi connectivity index (χ0) is 20.9. The number of nitrogens with one attached hydrogen (secondary N) is 1. The lowest BCUT2D eigenvalue weighted by atomic mass is 10.1. The highest BCUT2D eigenvalue weighted by molar-refractivity contribution is 7.99. The zero-order valence-corrected chi connectivity index (χ0v) is 17.9. The number of ether oxygens (including phenoxy) is 1. The van der Waals surface area contributed by atoms with Gasteiger partial charge in [0, 0.05) is 42.2 Å². The quantitative estimate of drug-likeness (QED) is 0.323. The van der Waals surface area contributed by atoms with Gasteiger partial charge in [0.05, 0.1) is 12.4 Å². The number of rotatable bonds is 9. The molecule has 2 aromatic heterocycles. The molecule has 0 aliphatic heterocycles. The molecule has 0 radical (unpaired) electrons. The number of hydrogen-bond donors (Lipinski definition) is 1. The van der Waals surface area contributed by atoms with Crippen LogP contribution in [0.3, 0.4) is 0 Å². The number of para-hydroxylation sites is 1. The minimum Gasteiger partial charge on any atom is -0.383 e. The molecule has 1 N–H and O–H groups in total. The van der Waals surface area contributed by atoms with Gasteiger partial charge in [-0.3, -0.25) is 4.79 Å². The third-order valence-electron chi connectivity index (χ3n) is 5.02. The number of fused-ring (bicyclic) bond motifs is 1. The average molecular weight is 421 g/mol. The molecule has 7 heteroatoms. The minimum absolute atomic E-state index is 0.0841. The Morgan fingerprint density at radius 3 is 2.67 bits per heavy atom. The summed E-state index contributed by atoms with van der Waals surface area (Å²) in [7, 11) is 1.68. The summed E-state index contributed by atoms with van der Waals surface area (Å²) in [6.45, 7) is 3.15. The van der Waals surface area contributed by atoms with Crippen LogP contribution < -0.4 is 0 Å². The number of carbonyl (C=O) groups is 1. The molecule has 4 rings (SSSR count). The van der Waals surface area contributed by atoms with Crippen molar-refractivity contribution in [2.75, 3.05) is 19.5 Å². The van der Waals surface area contributed by atoms with Crippen LogP contribution in [0.25, 0.3) is 10.9 Å². The lowest BCUT2D eigenvalue weighted by Crippen LogP contribution is -2.11. The molecule has 2 aromatic carbocycles. The maximum atomic E-state index is 13.0. The van der Waals surface area contributed by atoms with E-state index >= 15 is 0 Å². The number of aromatic amines is 1. The van der Waals surface area contributed by atoms with E-state index in [1.54, 1.807) is 7.11 Å². The van der Waals surface area contributed by atoms with Gasteiger partial charge in [0.25, 0.3) is 0 Å². The van der Waals surface area contributed by atoms with Crippen LogP contribution in [-0.4, -0.2) is 45.0 Å². The molecule has 0 saturated carbocycles. The Bertz CT molecular complexity index is 1150. The van der Waals surface area contributed by atoms with E-state index < -0.39 is 0 Å². The van der Waals surface area contributed by atoms with Gasteiger partial charge in [-0.05, 0) is 18.6 Å². The number of hydrogen-bond acceptors (Lipinski definition) is 5. The minimum atomic E-state index is 0.0841. The molecule has 0 saturated heterocycles. The Morgan fingerprint density at radius 1 is 1.10 bits per heavy atom. The van der Waals surface area contributed by atoms with E-state index in [-0.39, 0.29) is 5.78 Å². The molecule has 0 atom stereocenters. The maximum absolute atomic E-state index is 13.0. The van der Waals surface area contributed by atoms with Crippen LogP contribution in [0.1, 0.15) is 27.4 Å². The van der Waals surface area contributed by atoms with Gasteiger partial charge in [-0.15, -0.1) is 10.2 Å². The highest BCUT2D eigenvalue weighted by Crippen LogP contribution is 2.26. The van der Waals surface area contributed by atoms with Crippen molar-refractivity contribution < 1.29 is 9.53 Å². The predicted molar refractivity (Wildman–Crippen MR) is 119 cm³/mol. The molecule has 0 aliphatic rings. The van der Waals surface area contributed by atoms with Crippen molar-refractivity contribution >= 4 is 28.4 Å². The number of H-pyrrole nitrogens is 1. The van der Waals surface area contributed by atoms with E-state index in [1.807, 2.05) is 49.4 Å². The number of benzene rings is 2. The van der Waals surface area contributed by atoms with Crippen molar-refractivity contribution in [3.63, 3.8) is 0 Å². The second-order valence-electron chi connectivity index (χ2n) is 7.09. The topological polar surface area (TPSA) is 72.8 Å². The molecule has 0 unspecified atom stereocenters. The van der Waals surface area contributed by atoms with Crippen molar-refractivity contribution in [3.8, 4) is 0 Å². The summed E-state index contributed by atoms with van der Waals surface area (Å²) in [5.74, 6) is 1.26. The van der Waals surface area contributed by atoms with E-state index in [1.165, 1.54) is 17.3 Å². The first-order valence-corrected chi connectivity index (χ1v) is 10.8. The lowest BCUT2D eigenvalue weighted by Gasteiger charge is -2.09. The number of carbonyl (C=O) groups excluding carboxylic acids is 1. The van der Waals surface area contributed by atoms with Gasteiger partial charge in [0.1, 0.15) is 5.82 Å². The first-order chi connectivity index (χ1) is 14.7. The van der Waals surface area contributed by atoms with Crippen LogP contribution in [0.15, 0.2) is 59.8 Å². The third-order valence-corrected chi connectivity index (χ3v) is 5.99. The second-order valence-corrected chi connectivity index (χ2v) is 8.03. The highest BCUT2D eigenvalue weighted by atomic mass is 32.2. The van der Waals surface area contributed by atoms with Crippen LogP contribution in [-0.2, 0) is 17.7 Å². The Balaban J connectivity index is 1.53. The fourth-order valence-corrected chi connectivity index (χ4v) is 4.44. The zero-order valence-electron chi connectivity index (χ0n) is 17.1. The normalized spacial score (nSPS) is 11.3. The predicted octanol–water partition coefficient (Wildman–Crippen LogP) is 4.28. The molecule has 0 fully saturated rings. The Morgan fingerprint density at radius 2 is 1.87 bits per heavy atom. The molecule has 30 heavy (non-hydrogen) atoms. The molecule has 0 amide bonds. The van der Waals surface area contributed by atoms with Crippen LogP contribution in [0, 0.1) is 6.92 Å². The second kappa shape index (κ2) is 9.28. The Hall–Kier alpha value is -2.90. The van der Waals surface area contributed by atoms with E-state index in [0.717, 1.165) is 33.1 Å². The molecule has 0 spiro atoms. The summed E-state index contributed by atoms with van der Waals surface area (Å²) in [6, 6.07) is 18.1. The summed E-state index contributed by atoms with van der Waals surface area (Å²) in [5.41, 5.74) is 3.81. The van der Waals surface area contributed by atoms with Crippen LogP contribution >= 0.6 is 11.8 Å². The molecular formula is C23H24N4O2S. The van der Waals surface area contributed by atoms with Gasteiger partial charge >= 0.3 is 0 Å². The summed E-state index contributed by atoms with van der Waals surface area (Å²) in [5, 5.41) is 10.5. The number of ketones is 1. The number of methoxy groups -OCH3 is 1. The third kappa shape index (κ3) is 4.32. The first kappa shape index (κ1) is 20.4. The summed E-state index contributed by atoms with van der Waals surface area (Å²) in [4.78, 5) is 16.3. The van der Waals surface area contributed by atoms with Gasteiger partial charge in [-0.1, -0.05) is 60.3 Å². The van der Waals surface area contributed by atoms with Crippen molar-refractivity contribution in [1.29, 1.82) is 0 Å². The Labute approximate surface area is 179 Å². The van der Waals surface area contributed by atoms with Gasteiger partial charge in [0.2, 0.25) is 0 Å². The fraction of sp³-hybridized carbons (Fsp3) is 0.261. The van der Waals surface area contributed by atoms with Crippen LogP contribution in [0.2, 0.25) is 0 Å². The van der Waals surface area contributed by atoms with E-state index in [9.17, 15) is 4.79 Å². The van der Waals surface area contributed by atoms with E-state index in [2.05, 4.69) is 31.9 Å². The molecule has 0 bridgehead atoms. The fourth-order valence-electron chi connectivity index (χ4n) is 3.58. The van der Waals surface area contributed by atoms with Crippen molar-refractivity contribution in [3.05, 3.63) is 77.2 Å². The SMILES string of the molecule is COCCn1c(Cc2ccccc2)nnc1SCC(=O)c1c(C)[nH]c2ccccc12. The van der Waals surface area contributed by atoms with Crippen LogP contribution in [0.4, 0.5) is 0 Å². The first-order valence-electron chi connectivity index (χ1n) is 9.85. The largest absolute Gasteiger partial charge is 0.383 e. The number of aryl methyl sites for hydroxylation is 1. The number of thioether (sulfide) groups is 1. The summed E-state index contributed by atoms with van der Waals surface area (Å²) < 4.78 is 7.32. The summed E-state index contributed by atoms with van der Waals surface area (Å²) in [6.07, 6.45) is 0.688. The lowest BCUT2D eigenvalue weighted by molar-refractivity contribution is 0.102. The number of Topliss-reactive ketones (excluding diaryl/α,β-unsaturated/α-hetero) is 1. The molecule has 6 nitrogen and oxygen atoms in total. The Kier molecular flexibility index (Phi) is 6.30. The maximum Gasteiger partial charge on any atom is 0.191 e. The van der Waals surface area contributed by atoms with Crippen molar-refractivity contribution in [2.45, 2.75) is 25.0 Å². The summed E-state index contributed by atoms with van der Waals surface area (Å²) >= 11 is 1.42. The molecule has 2 heterocycles. The monoisotopic (exact) mass is 420 g/mol. The molecule has 0 aliphatic carbocycles. The van der Waals surface area contributed by atoms with Gasteiger partial charge in [-0.2, -0.15) is 0 Å². The van der Waals surface area contributed by atoms with Gasteiger partial charge in [0.15, 0.2) is 10.9 Å². The smallest absolute Gasteiger partial charge is 0.191 e. The molecular weight excluding hydrogens is 396 g/mol. The highest BCUT2D eigenvalue weighted by Gasteiger charge is 2.19. The molecule has 154 valence electrons. The number of nitrogens with zero attached hydrogens (tertiary/aromatic N) is 3. The van der Waals surface area contributed by atoms with Gasteiger partial charge in [-0.25, -0.2) is 0 Å².